The number of thiazole rings is 1. The molecule has 0 radical (unpaired) electrons. The van der Waals surface area contributed by atoms with Gasteiger partial charge >= 0.3 is 5.97 Å². The third-order valence-corrected chi connectivity index (χ3v) is 3.29. The lowest BCUT2D eigenvalue weighted by Crippen LogP contribution is -2.32. The number of aromatic nitrogens is 2. The van der Waals surface area contributed by atoms with Crippen LogP contribution in [0.5, 0.6) is 0 Å². The second kappa shape index (κ2) is 5.85. The van der Waals surface area contributed by atoms with E-state index in [-0.39, 0.29) is 5.91 Å². The summed E-state index contributed by atoms with van der Waals surface area (Å²) in [4.78, 5) is 29.9. The molecule has 4 N–H and O–H groups in total. The quantitative estimate of drug-likeness (QED) is 0.734. The highest BCUT2D eigenvalue weighted by molar-refractivity contribution is 7.14. The van der Waals surface area contributed by atoms with E-state index in [0.717, 1.165) is 5.56 Å². The Hall–Kier alpha value is -2.19. The Morgan fingerprint density at radius 3 is 2.95 bits per heavy atom. The summed E-state index contributed by atoms with van der Waals surface area (Å²) in [6, 6.07) is 1.04. The summed E-state index contributed by atoms with van der Waals surface area (Å²) in [6.45, 7) is 1.60. The number of nitrogens with two attached hydrogens (primary N) is 1. The maximum Gasteiger partial charge on any atom is 0.354 e. The highest BCUT2D eigenvalue weighted by Crippen LogP contribution is 2.25. The fraction of sp³-hybridized carbons (Fsp3) is 0.250. The van der Waals surface area contributed by atoms with E-state index >= 15 is 0 Å². The number of nitrogens with one attached hydrogen (secondary N) is 2. The van der Waals surface area contributed by atoms with Gasteiger partial charge in [0.25, 0.3) is 0 Å². The van der Waals surface area contributed by atoms with Crippen molar-refractivity contribution in [3.8, 4) is 11.3 Å². The van der Waals surface area contributed by atoms with E-state index in [4.69, 9.17) is 5.73 Å². The number of carbonyl (C=O) groups is 2. The molecule has 0 aliphatic heterocycles. The Kier molecular flexibility index (Phi) is 4.16. The Morgan fingerprint density at radius 2 is 2.30 bits per heavy atom. The standard InChI is InChI=1S/C12H14N4O3S/c1-6(13)10(17)16-12-15-9(5-20-12)7-3-8(14-4-7)11(18)19-2/h3-6,14H,13H2,1-2H3,(H,15,16,17)/t6-/m0/s1. The predicted octanol–water partition coefficient (Wildman–Crippen LogP) is 1.21. The monoisotopic (exact) mass is 294 g/mol. The van der Waals surface area contributed by atoms with E-state index in [1.165, 1.54) is 18.4 Å². The summed E-state index contributed by atoms with van der Waals surface area (Å²) in [5.41, 5.74) is 7.20. The molecule has 0 aliphatic carbocycles. The lowest BCUT2D eigenvalue weighted by molar-refractivity contribution is -0.117. The number of ether oxygens (including phenoxy) is 1. The summed E-state index contributed by atoms with van der Waals surface area (Å²) >= 11 is 1.28. The van der Waals surface area contributed by atoms with Gasteiger partial charge in [0.1, 0.15) is 5.69 Å². The molecule has 106 valence electrons. The number of hydrogen-bond acceptors (Lipinski definition) is 6. The van der Waals surface area contributed by atoms with Crippen molar-refractivity contribution in [2.24, 2.45) is 5.73 Å². The molecular weight excluding hydrogens is 280 g/mol. The van der Waals surface area contributed by atoms with Crippen LogP contribution in [0.3, 0.4) is 0 Å². The minimum atomic E-state index is -0.597. The van der Waals surface area contributed by atoms with E-state index in [1.54, 1.807) is 24.6 Å². The Labute approximate surface area is 119 Å². The second-order valence-electron chi connectivity index (χ2n) is 4.11. The van der Waals surface area contributed by atoms with E-state index in [2.05, 4.69) is 20.0 Å². The van der Waals surface area contributed by atoms with Gasteiger partial charge < -0.3 is 20.8 Å². The van der Waals surface area contributed by atoms with Crippen LogP contribution in [0.4, 0.5) is 5.13 Å². The summed E-state index contributed by atoms with van der Waals surface area (Å²) in [6.07, 6.45) is 1.65. The molecule has 2 aromatic rings. The van der Waals surface area contributed by atoms with Crippen molar-refractivity contribution in [3.63, 3.8) is 0 Å². The number of H-pyrrole nitrogens is 1. The van der Waals surface area contributed by atoms with Crippen LogP contribution in [0.15, 0.2) is 17.6 Å². The van der Waals surface area contributed by atoms with Crippen molar-refractivity contribution < 1.29 is 14.3 Å². The van der Waals surface area contributed by atoms with Crippen LogP contribution >= 0.6 is 11.3 Å². The van der Waals surface area contributed by atoms with Gasteiger partial charge in [0.15, 0.2) is 5.13 Å². The fourth-order valence-corrected chi connectivity index (χ4v) is 2.18. The van der Waals surface area contributed by atoms with Gasteiger partial charge in [-0.2, -0.15) is 0 Å². The van der Waals surface area contributed by atoms with Crippen LogP contribution in [-0.2, 0) is 9.53 Å². The summed E-state index contributed by atoms with van der Waals surface area (Å²) in [5, 5.41) is 4.85. The van der Waals surface area contributed by atoms with Gasteiger partial charge in [-0.05, 0) is 13.0 Å². The number of anilines is 1. The van der Waals surface area contributed by atoms with E-state index < -0.39 is 12.0 Å². The predicted molar refractivity (Wildman–Crippen MR) is 75.5 cm³/mol. The van der Waals surface area contributed by atoms with E-state index in [9.17, 15) is 9.59 Å². The van der Waals surface area contributed by atoms with Gasteiger partial charge in [-0.1, -0.05) is 0 Å². The molecule has 7 nitrogen and oxygen atoms in total. The number of nitrogens with zero attached hydrogens (tertiary/aromatic N) is 1. The van der Waals surface area contributed by atoms with Crippen LogP contribution in [0.25, 0.3) is 11.3 Å². The number of esters is 1. The van der Waals surface area contributed by atoms with Crippen LogP contribution in [0, 0.1) is 0 Å². The first-order chi connectivity index (χ1) is 9.51. The molecule has 0 spiro atoms. The first-order valence-electron chi connectivity index (χ1n) is 5.80. The van der Waals surface area contributed by atoms with Gasteiger partial charge in [-0.3, -0.25) is 4.79 Å². The van der Waals surface area contributed by atoms with Crippen LogP contribution in [-0.4, -0.2) is 35.0 Å². The maximum absolute atomic E-state index is 11.5. The third-order valence-electron chi connectivity index (χ3n) is 2.53. The lowest BCUT2D eigenvalue weighted by atomic mass is 10.2. The SMILES string of the molecule is COC(=O)c1cc(-c2csc(NC(=O)[C@H](C)N)n2)c[nH]1. The second-order valence-corrected chi connectivity index (χ2v) is 4.97. The van der Waals surface area contributed by atoms with Gasteiger partial charge in [0.2, 0.25) is 5.91 Å². The molecule has 0 saturated carbocycles. The molecule has 0 aliphatic rings. The fourth-order valence-electron chi connectivity index (χ4n) is 1.45. The Bertz CT molecular complexity index is 632. The van der Waals surface area contributed by atoms with Crippen molar-refractivity contribution in [1.29, 1.82) is 0 Å². The van der Waals surface area contributed by atoms with E-state index in [1.807, 2.05) is 0 Å². The van der Waals surface area contributed by atoms with Gasteiger partial charge in [-0.25, -0.2) is 9.78 Å². The minimum absolute atomic E-state index is 0.296. The molecule has 0 saturated heterocycles. The molecule has 2 heterocycles. The van der Waals surface area contributed by atoms with Crippen molar-refractivity contribution in [1.82, 2.24) is 9.97 Å². The van der Waals surface area contributed by atoms with Gasteiger partial charge in [0, 0.05) is 17.1 Å². The molecule has 2 aromatic heterocycles. The summed E-state index contributed by atoms with van der Waals surface area (Å²) in [7, 11) is 1.31. The molecule has 0 bridgehead atoms. The number of amides is 1. The average molecular weight is 294 g/mol. The van der Waals surface area contributed by atoms with E-state index in [0.29, 0.717) is 16.5 Å². The molecule has 0 fully saturated rings. The van der Waals surface area contributed by atoms with Crippen molar-refractivity contribution in [3.05, 3.63) is 23.3 Å². The van der Waals surface area contributed by atoms with Gasteiger partial charge in [-0.15, -0.1) is 11.3 Å². The third kappa shape index (κ3) is 3.03. The number of methoxy groups -OCH3 is 1. The first-order valence-corrected chi connectivity index (χ1v) is 6.68. The normalized spacial score (nSPS) is 11.9. The highest BCUT2D eigenvalue weighted by atomic mass is 32.1. The Balaban J connectivity index is 2.14. The zero-order chi connectivity index (χ0) is 14.7. The zero-order valence-electron chi connectivity index (χ0n) is 11.0. The summed E-state index contributed by atoms with van der Waals surface area (Å²) < 4.78 is 4.61. The molecule has 1 amide bonds. The lowest BCUT2D eigenvalue weighted by Gasteiger charge is -2.03. The number of hydrogen-bond donors (Lipinski definition) is 3. The average Bonchev–Trinajstić information content (AvgIpc) is 3.05. The highest BCUT2D eigenvalue weighted by Gasteiger charge is 2.13. The Morgan fingerprint density at radius 1 is 1.55 bits per heavy atom. The minimum Gasteiger partial charge on any atom is -0.464 e. The van der Waals surface area contributed by atoms with Crippen molar-refractivity contribution in [2.75, 3.05) is 12.4 Å². The molecule has 8 heteroatoms. The first kappa shape index (κ1) is 14.2. The maximum atomic E-state index is 11.5. The number of rotatable bonds is 4. The molecule has 0 aromatic carbocycles. The smallest absolute Gasteiger partial charge is 0.354 e. The molecular formula is C12H14N4O3S. The number of carbonyl (C=O) groups excluding carboxylic acids is 2. The van der Waals surface area contributed by atoms with Crippen LogP contribution < -0.4 is 11.1 Å². The van der Waals surface area contributed by atoms with Gasteiger partial charge in [0.05, 0.1) is 18.8 Å². The van der Waals surface area contributed by atoms with Crippen LogP contribution in [0.2, 0.25) is 0 Å². The van der Waals surface area contributed by atoms with Crippen molar-refractivity contribution in [2.45, 2.75) is 13.0 Å². The molecule has 2 rings (SSSR count). The molecule has 1 atom stereocenters. The zero-order valence-corrected chi connectivity index (χ0v) is 11.8. The van der Waals surface area contributed by atoms with Crippen LogP contribution in [0.1, 0.15) is 17.4 Å². The largest absolute Gasteiger partial charge is 0.464 e. The number of aromatic amines is 1. The van der Waals surface area contributed by atoms with Crippen molar-refractivity contribution >= 4 is 28.3 Å². The summed E-state index contributed by atoms with van der Waals surface area (Å²) in [5.74, 6) is -0.743. The molecule has 0 unspecified atom stereocenters. The topological polar surface area (TPSA) is 110 Å². The molecule has 20 heavy (non-hydrogen) atoms.